The Morgan fingerprint density at radius 2 is 1.85 bits per heavy atom. The van der Waals surface area contributed by atoms with Crippen LogP contribution in [0.3, 0.4) is 0 Å². The first-order valence-electron chi connectivity index (χ1n) is 4.21. The number of aliphatic hydroxyl groups excluding tert-OH is 1. The van der Waals surface area contributed by atoms with Crippen molar-refractivity contribution in [1.29, 1.82) is 0 Å². The van der Waals surface area contributed by atoms with Gasteiger partial charge in [0.15, 0.2) is 0 Å². The second-order valence-electron chi connectivity index (χ2n) is 2.05. The van der Waals surface area contributed by atoms with Crippen LogP contribution in [0.25, 0.3) is 0 Å². The first-order valence-corrected chi connectivity index (χ1v) is 4.21. The summed E-state index contributed by atoms with van der Waals surface area (Å²) in [5, 5.41) is 13.2. The van der Waals surface area contributed by atoms with Crippen molar-refractivity contribution in [2.24, 2.45) is 0 Å². The predicted molar refractivity (Wildman–Crippen MR) is 50.1 cm³/mol. The number of carbonyl (C=O) groups excluding carboxylic acids is 2. The summed E-state index contributed by atoms with van der Waals surface area (Å²) in [6.45, 7) is 4.89. The molecule has 0 saturated heterocycles. The number of likely N-dealkylation sites (N-methyl/N-ethyl adjacent to an activating group) is 1. The van der Waals surface area contributed by atoms with E-state index in [1.165, 1.54) is 14.0 Å². The van der Waals surface area contributed by atoms with E-state index < -0.39 is 11.9 Å². The maximum atomic E-state index is 10.8. The lowest BCUT2D eigenvalue weighted by molar-refractivity contribution is -0.128. The van der Waals surface area contributed by atoms with Gasteiger partial charge in [0.05, 0.1) is 6.61 Å². The van der Waals surface area contributed by atoms with Gasteiger partial charge in [-0.15, -0.1) is 0 Å². The van der Waals surface area contributed by atoms with E-state index in [-0.39, 0.29) is 12.5 Å². The molecule has 0 fully saturated rings. The van der Waals surface area contributed by atoms with Gasteiger partial charge in [0, 0.05) is 14.0 Å². The highest BCUT2D eigenvalue weighted by atomic mass is 16.3. The summed E-state index contributed by atoms with van der Waals surface area (Å²) in [5.74, 6) is -0.740. The highest BCUT2D eigenvalue weighted by molar-refractivity contribution is 5.86. The minimum atomic E-state index is -0.836. The summed E-state index contributed by atoms with van der Waals surface area (Å²) < 4.78 is 0. The van der Waals surface area contributed by atoms with Crippen LogP contribution in [0.5, 0.6) is 0 Å². The third-order valence-electron chi connectivity index (χ3n) is 1.12. The molecule has 0 heterocycles. The fraction of sp³-hybridized carbons (Fsp3) is 0.750. The molecule has 0 radical (unpaired) electrons. The second-order valence-corrected chi connectivity index (χ2v) is 2.05. The van der Waals surface area contributed by atoms with Crippen LogP contribution in [0, 0.1) is 0 Å². The van der Waals surface area contributed by atoms with Gasteiger partial charge in [0.1, 0.15) is 6.04 Å². The van der Waals surface area contributed by atoms with Gasteiger partial charge in [-0.3, -0.25) is 9.59 Å². The van der Waals surface area contributed by atoms with Crippen LogP contribution in [-0.4, -0.2) is 36.6 Å². The normalized spacial score (nSPS) is 10.5. The molecule has 0 aliphatic rings. The molecular formula is C8H18N2O3. The van der Waals surface area contributed by atoms with Crippen molar-refractivity contribution in [3.8, 4) is 0 Å². The smallest absolute Gasteiger partial charge is 0.244 e. The number of rotatable bonds is 3. The van der Waals surface area contributed by atoms with Gasteiger partial charge in [-0.2, -0.15) is 0 Å². The van der Waals surface area contributed by atoms with Crippen molar-refractivity contribution in [3.63, 3.8) is 0 Å². The standard InChI is InChI=1S/C6H12N2O3.C2H6/c1-4(10)8-5(3-9)6(11)7-2;1-2/h5,9H,3H2,1-2H3,(H,7,11)(H,8,10);1-2H3. The van der Waals surface area contributed by atoms with Crippen LogP contribution in [0.2, 0.25) is 0 Å². The Bertz CT molecular complexity index is 159. The molecule has 0 aromatic carbocycles. The van der Waals surface area contributed by atoms with Crippen molar-refractivity contribution in [3.05, 3.63) is 0 Å². The van der Waals surface area contributed by atoms with Crippen molar-refractivity contribution in [2.45, 2.75) is 26.8 Å². The summed E-state index contributed by atoms with van der Waals surface area (Å²) in [4.78, 5) is 21.2. The Morgan fingerprint density at radius 1 is 1.38 bits per heavy atom. The van der Waals surface area contributed by atoms with Crippen LogP contribution in [0.1, 0.15) is 20.8 Å². The van der Waals surface area contributed by atoms with Gasteiger partial charge in [-0.05, 0) is 0 Å². The summed E-state index contributed by atoms with van der Waals surface area (Å²) in [6, 6.07) is -0.836. The molecule has 5 heteroatoms. The Labute approximate surface area is 78.5 Å². The Kier molecular flexibility index (Phi) is 9.98. The lowest BCUT2D eigenvalue weighted by Gasteiger charge is -2.12. The second kappa shape index (κ2) is 8.99. The van der Waals surface area contributed by atoms with Gasteiger partial charge in [0.2, 0.25) is 11.8 Å². The highest BCUT2D eigenvalue weighted by Crippen LogP contribution is 1.80. The molecule has 3 N–H and O–H groups in total. The maximum Gasteiger partial charge on any atom is 0.244 e. The molecule has 1 unspecified atom stereocenters. The van der Waals surface area contributed by atoms with Gasteiger partial charge in [0.25, 0.3) is 0 Å². The molecule has 0 aromatic rings. The quantitative estimate of drug-likeness (QED) is 0.548. The van der Waals surface area contributed by atoms with Gasteiger partial charge in [-0.25, -0.2) is 0 Å². The number of nitrogens with one attached hydrogen (secondary N) is 2. The lowest BCUT2D eigenvalue weighted by Crippen LogP contribution is -2.47. The number of amides is 2. The molecule has 0 saturated carbocycles. The molecule has 0 aliphatic heterocycles. The molecular weight excluding hydrogens is 172 g/mol. The summed E-state index contributed by atoms with van der Waals surface area (Å²) in [6.07, 6.45) is 0. The average molecular weight is 190 g/mol. The van der Waals surface area contributed by atoms with E-state index in [9.17, 15) is 9.59 Å². The van der Waals surface area contributed by atoms with E-state index in [0.29, 0.717) is 0 Å². The number of carbonyl (C=O) groups is 2. The van der Waals surface area contributed by atoms with Crippen molar-refractivity contribution < 1.29 is 14.7 Å². The number of hydrogen-bond donors (Lipinski definition) is 3. The molecule has 0 bridgehead atoms. The molecule has 5 nitrogen and oxygen atoms in total. The van der Waals surface area contributed by atoms with E-state index in [0.717, 1.165) is 0 Å². The summed E-state index contributed by atoms with van der Waals surface area (Å²) in [7, 11) is 1.44. The molecule has 13 heavy (non-hydrogen) atoms. The van der Waals surface area contributed by atoms with Crippen LogP contribution < -0.4 is 10.6 Å². The largest absolute Gasteiger partial charge is 0.394 e. The monoisotopic (exact) mass is 190 g/mol. The summed E-state index contributed by atoms with van der Waals surface area (Å²) >= 11 is 0. The zero-order valence-electron chi connectivity index (χ0n) is 8.55. The average Bonchev–Trinajstić information content (AvgIpc) is 2.16. The first kappa shape index (κ1) is 14.4. The minimum Gasteiger partial charge on any atom is -0.394 e. The molecule has 0 aromatic heterocycles. The zero-order valence-corrected chi connectivity index (χ0v) is 8.55. The molecule has 0 rings (SSSR count). The van der Waals surface area contributed by atoms with Crippen LogP contribution in [0.4, 0.5) is 0 Å². The molecule has 0 aliphatic carbocycles. The summed E-state index contributed by atoms with van der Waals surface area (Å²) in [5.41, 5.74) is 0. The molecule has 0 spiro atoms. The van der Waals surface area contributed by atoms with E-state index in [2.05, 4.69) is 10.6 Å². The van der Waals surface area contributed by atoms with Crippen molar-refractivity contribution >= 4 is 11.8 Å². The fourth-order valence-corrected chi connectivity index (χ4v) is 0.614. The third kappa shape index (κ3) is 7.27. The minimum absolute atomic E-state index is 0.340. The van der Waals surface area contributed by atoms with Crippen LogP contribution in [-0.2, 0) is 9.59 Å². The number of hydrogen-bond acceptors (Lipinski definition) is 3. The van der Waals surface area contributed by atoms with E-state index >= 15 is 0 Å². The van der Waals surface area contributed by atoms with E-state index in [4.69, 9.17) is 5.11 Å². The Hall–Kier alpha value is -1.10. The van der Waals surface area contributed by atoms with Crippen molar-refractivity contribution in [1.82, 2.24) is 10.6 Å². The fourth-order valence-electron chi connectivity index (χ4n) is 0.614. The first-order chi connectivity index (χ1) is 6.11. The Balaban J connectivity index is 0. The van der Waals surface area contributed by atoms with Gasteiger partial charge in [-0.1, -0.05) is 13.8 Å². The Morgan fingerprint density at radius 3 is 2.08 bits per heavy atom. The maximum absolute atomic E-state index is 10.8. The predicted octanol–water partition coefficient (Wildman–Crippen LogP) is -0.744. The molecule has 78 valence electrons. The van der Waals surface area contributed by atoms with E-state index in [1.54, 1.807) is 0 Å². The number of aliphatic hydroxyl groups is 1. The van der Waals surface area contributed by atoms with Gasteiger partial charge >= 0.3 is 0 Å². The van der Waals surface area contributed by atoms with Crippen LogP contribution >= 0.6 is 0 Å². The molecule has 2 amide bonds. The zero-order chi connectivity index (χ0) is 10.9. The molecule has 1 atom stereocenters. The van der Waals surface area contributed by atoms with Crippen molar-refractivity contribution in [2.75, 3.05) is 13.7 Å². The van der Waals surface area contributed by atoms with Crippen LogP contribution in [0.15, 0.2) is 0 Å². The van der Waals surface area contributed by atoms with E-state index in [1.807, 2.05) is 13.8 Å². The topological polar surface area (TPSA) is 78.4 Å². The highest BCUT2D eigenvalue weighted by Gasteiger charge is 2.15. The van der Waals surface area contributed by atoms with Gasteiger partial charge < -0.3 is 15.7 Å². The third-order valence-corrected chi connectivity index (χ3v) is 1.12. The SMILES string of the molecule is CC.CNC(=O)C(CO)NC(C)=O. The lowest BCUT2D eigenvalue weighted by atomic mass is 10.3.